The molecule has 1 N–H and O–H groups in total. The number of hydrogen-bond acceptors (Lipinski definition) is 2. The largest absolute Gasteiger partial charge is 0.337 e. The Labute approximate surface area is 88.8 Å². The third-order valence-electron chi connectivity index (χ3n) is 2.76. The molecule has 1 unspecified atom stereocenters. The number of alkyl halides is 2. The van der Waals surface area contributed by atoms with Gasteiger partial charge in [0.2, 0.25) is 5.91 Å². The number of hydrogen-bond donors (Lipinski definition) is 1. The Hall–Kier alpha value is -0.710. The van der Waals surface area contributed by atoms with Crippen molar-refractivity contribution in [3.63, 3.8) is 0 Å². The van der Waals surface area contributed by atoms with Crippen LogP contribution in [0, 0.1) is 0 Å². The zero-order valence-electron chi connectivity index (χ0n) is 9.22. The molecule has 0 aliphatic carbocycles. The van der Waals surface area contributed by atoms with Gasteiger partial charge in [0.05, 0.1) is 12.6 Å². The van der Waals surface area contributed by atoms with E-state index < -0.39 is 18.5 Å². The smallest absolute Gasteiger partial charge is 0.280 e. The molecule has 1 aliphatic rings. The maximum Gasteiger partial charge on any atom is 0.280 e. The molecule has 0 bridgehead atoms. The highest BCUT2D eigenvalue weighted by Gasteiger charge is 2.44. The lowest BCUT2D eigenvalue weighted by molar-refractivity contribution is -0.145. The minimum absolute atomic E-state index is 0.160. The molecule has 0 saturated carbocycles. The summed E-state index contributed by atoms with van der Waals surface area (Å²) in [6, 6.07) is -0.803. The van der Waals surface area contributed by atoms with E-state index in [4.69, 9.17) is 0 Å². The highest BCUT2D eigenvalue weighted by molar-refractivity contribution is 5.76. The zero-order valence-corrected chi connectivity index (χ0v) is 9.22. The van der Waals surface area contributed by atoms with Crippen molar-refractivity contribution < 1.29 is 13.6 Å². The van der Waals surface area contributed by atoms with Gasteiger partial charge in [0.1, 0.15) is 0 Å². The van der Waals surface area contributed by atoms with Gasteiger partial charge >= 0.3 is 0 Å². The van der Waals surface area contributed by atoms with E-state index in [2.05, 4.69) is 5.32 Å². The number of rotatable bonds is 3. The summed E-state index contributed by atoms with van der Waals surface area (Å²) in [6.07, 6.45) is 1.38. The maximum atomic E-state index is 13.5. The van der Waals surface area contributed by atoms with Crippen molar-refractivity contribution in [1.29, 1.82) is 0 Å². The van der Waals surface area contributed by atoms with Gasteiger partial charge in [0.25, 0.3) is 5.92 Å². The molecule has 1 aliphatic heterocycles. The topological polar surface area (TPSA) is 32.3 Å². The van der Waals surface area contributed by atoms with Gasteiger partial charge in [-0.2, -0.15) is 0 Å². The Morgan fingerprint density at radius 1 is 1.60 bits per heavy atom. The third-order valence-corrected chi connectivity index (χ3v) is 2.76. The fourth-order valence-electron chi connectivity index (χ4n) is 1.88. The molecule has 1 atom stereocenters. The van der Waals surface area contributed by atoms with Gasteiger partial charge in [-0.05, 0) is 19.9 Å². The predicted octanol–water partition coefficient (Wildman–Crippen LogP) is 1.24. The Balaban J connectivity index is 2.57. The van der Waals surface area contributed by atoms with E-state index in [1.807, 2.05) is 6.92 Å². The summed E-state index contributed by atoms with van der Waals surface area (Å²) < 4.78 is 26.9. The summed E-state index contributed by atoms with van der Waals surface area (Å²) >= 11 is 0. The Bertz CT molecular complexity index is 233. The lowest BCUT2D eigenvalue weighted by atomic mass is 10.0. The number of carbonyl (C=O) groups is 1. The van der Waals surface area contributed by atoms with Crippen LogP contribution in [0.4, 0.5) is 8.78 Å². The number of nitrogens with zero attached hydrogens (tertiary/aromatic N) is 1. The molecule has 1 fully saturated rings. The second kappa shape index (κ2) is 4.88. The molecule has 1 rings (SSSR count). The van der Waals surface area contributed by atoms with Crippen molar-refractivity contribution in [3.8, 4) is 0 Å². The highest BCUT2D eigenvalue weighted by Crippen LogP contribution is 2.27. The molecule has 0 aromatic heterocycles. The fraction of sp³-hybridized carbons (Fsp3) is 0.900. The van der Waals surface area contributed by atoms with Crippen molar-refractivity contribution in [2.75, 3.05) is 20.1 Å². The molecule has 0 radical (unpaired) electrons. The highest BCUT2D eigenvalue weighted by atomic mass is 19.3. The van der Waals surface area contributed by atoms with Crippen LogP contribution in [0.25, 0.3) is 0 Å². The number of piperidine rings is 1. The summed E-state index contributed by atoms with van der Waals surface area (Å²) in [5.74, 6) is -2.97. The molecule has 88 valence electrons. The fourth-order valence-corrected chi connectivity index (χ4v) is 1.88. The van der Waals surface area contributed by atoms with Gasteiger partial charge in [-0.1, -0.05) is 6.92 Å². The summed E-state index contributed by atoms with van der Waals surface area (Å²) in [5, 5.41) is 2.60. The minimum atomic E-state index is -2.81. The minimum Gasteiger partial charge on any atom is -0.337 e. The van der Waals surface area contributed by atoms with Crippen LogP contribution in [0.15, 0.2) is 0 Å². The molecule has 3 nitrogen and oxygen atoms in total. The molecular formula is C10H18F2N2O. The van der Waals surface area contributed by atoms with Crippen LogP contribution in [-0.2, 0) is 4.79 Å². The molecule has 5 heteroatoms. The summed E-state index contributed by atoms with van der Waals surface area (Å²) in [4.78, 5) is 12.7. The van der Waals surface area contributed by atoms with Gasteiger partial charge < -0.3 is 10.2 Å². The molecule has 1 heterocycles. The average Bonchev–Trinajstić information content (AvgIpc) is 2.16. The molecular weight excluding hydrogens is 202 g/mol. The number of nitrogens with one attached hydrogen (secondary N) is 1. The lowest BCUT2D eigenvalue weighted by Gasteiger charge is -2.38. The first-order chi connectivity index (χ1) is 7.01. The van der Waals surface area contributed by atoms with Crippen molar-refractivity contribution in [1.82, 2.24) is 10.2 Å². The number of halogens is 2. The zero-order chi connectivity index (χ0) is 11.5. The van der Waals surface area contributed by atoms with Gasteiger partial charge in [-0.3, -0.25) is 4.79 Å². The molecule has 15 heavy (non-hydrogen) atoms. The van der Waals surface area contributed by atoms with Crippen molar-refractivity contribution in [2.24, 2.45) is 0 Å². The van der Waals surface area contributed by atoms with Gasteiger partial charge in [0, 0.05) is 13.0 Å². The Kier molecular flexibility index (Phi) is 4.02. The molecule has 0 aromatic carbocycles. The second-order valence-electron chi connectivity index (χ2n) is 3.96. The van der Waals surface area contributed by atoms with Crippen molar-refractivity contribution >= 4 is 5.91 Å². The first-order valence-electron chi connectivity index (χ1n) is 5.34. The van der Waals surface area contributed by atoms with E-state index in [0.717, 1.165) is 0 Å². The van der Waals surface area contributed by atoms with Crippen LogP contribution < -0.4 is 5.32 Å². The van der Waals surface area contributed by atoms with Crippen molar-refractivity contribution in [3.05, 3.63) is 0 Å². The number of carbonyl (C=O) groups excluding carboxylic acids is 1. The normalized spacial score (nSPS) is 25.3. The molecule has 1 amide bonds. The maximum absolute atomic E-state index is 13.5. The summed E-state index contributed by atoms with van der Waals surface area (Å²) in [7, 11) is 1.53. The number of likely N-dealkylation sites (tertiary alicyclic amines) is 1. The second-order valence-corrected chi connectivity index (χ2v) is 3.96. The predicted molar refractivity (Wildman–Crippen MR) is 53.9 cm³/mol. The SMILES string of the molecule is CCCC(=O)N1CCC(NC)C(F)(F)C1. The van der Waals surface area contributed by atoms with E-state index in [-0.39, 0.29) is 5.91 Å². The quantitative estimate of drug-likeness (QED) is 0.776. The summed E-state index contributed by atoms with van der Waals surface area (Å²) in [5.41, 5.74) is 0. The summed E-state index contributed by atoms with van der Waals surface area (Å²) in [6.45, 7) is 1.85. The Morgan fingerprint density at radius 2 is 2.27 bits per heavy atom. The molecule has 0 spiro atoms. The monoisotopic (exact) mass is 220 g/mol. The van der Waals surface area contributed by atoms with E-state index in [0.29, 0.717) is 25.8 Å². The number of amides is 1. The lowest BCUT2D eigenvalue weighted by Crippen LogP contribution is -2.57. The van der Waals surface area contributed by atoms with Crippen molar-refractivity contribution in [2.45, 2.75) is 38.2 Å². The van der Waals surface area contributed by atoms with Gasteiger partial charge in [-0.15, -0.1) is 0 Å². The molecule has 0 aromatic rings. The van der Waals surface area contributed by atoms with Gasteiger partial charge in [-0.25, -0.2) is 8.78 Å². The van der Waals surface area contributed by atoms with E-state index in [9.17, 15) is 13.6 Å². The van der Waals surface area contributed by atoms with E-state index >= 15 is 0 Å². The first-order valence-corrected chi connectivity index (χ1v) is 5.34. The average molecular weight is 220 g/mol. The van der Waals surface area contributed by atoms with Crippen LogP contribution in [0.1, 0.15) is 26.2 Å². The molecule has 1 saturated heterocycles. The Morgan fingerprint density at radius 3 is 2.73 bits per heavy atom. The third kappa shape index (κ3) is 2.87. The van der Waals surface area contributed by atoms with Crippen LogP contribution in [0.2, 0.25) is 0 Å². The van der Waals surface area contributed by atoms with Crippen LogP contribution in [-0.4, -0.2) is 42.9 Å². The van der Waals surface area contributed by atoms with Gasteiger partial charge in [0.15, 0.2) is 0 Å². The van der Waals surface area contributed by atoms with Crippen LogP contribution in [0.5, 0.6) is 0 Å². The van der Waals surface area contributed by atoms with E-state index in [1.165, 1.54) is 11.9 Å². The first kappa shape index (κ1) is 12.4. The van der Waals surface area contributed by atoms with Crippen LogP contribution >= 0.6 is 0 Å². The van der Waals surface area contributed by atoms with Crippen LogP contribution in [0.3, 0.4) is 0 Å². The standard InChI is InChI=1S/C10H18F2N2O/c1-3-4-9(15)14-6-5-8(13-2)10(11,12)7-14/h8,13H,3-7H2,1-2H3. The van der Waals surface area contributed by atoms with E-state index in [1.54, 1.807) is 0 Å².